The van der Waals surface area contributed by atoms with Crippen LogP contribution in [0.25, 0.3) is 12.2 Å². The summed E-state index contributed by atoms with van der Waals surface area (Å²) in [7, 11) is 4.59. The SMILES string of the molecule is C[N+]1(C)CCC(Oc2ccc(C=Cc3ccccc3)cc2)CC1. The number of ether oxygens (including phenoxy) is 1. The summed E-state index contributed by atoms with van der Waals surface area (Å²) in [6, 6.07) is 18.8. The molecule has 2 heteroatoms. The van der Waals surface area contributed by atoms with Crippen LogP contribution in [0.2, 0.25) is 0 Å². The Morgan fingerprint density at radius 1 is 0.826 bits per heavy atom. The van der Waals surface area contributed by atoms with Gasteiger partial charge in [0.05, 0.1) is 27.2 Å². The highest BCUT2D eigenvalue weighted by atomic mass is 16.5. The van der Waals surface area contributed by atoms with Crippen molar-refractivity contribution in [3.8, 4) is 5.75 Å². The van der Waals surface area contributed by atoms with Crippen molar-refractivity contribution >= 4 is 12.2 Å². The fourth-order valence-corrected chi connectivity index (χ4v) is 2.97. The molecule has 2 aromatic carbocycles. The lowest BCUT2D eigenvalue weighted by Gasteiger charge is -2.37. The van der Waals surface area contributed by atoms with Gasteiger partial charge in [-0.1, -0.05) is 54.6 Å². The largest absolute Gasteiger partial charge is 0.490 e. The predicted octanol–water partition coefficient (Wildman–Crippen LogP) is 4.47. The molecule has 0 bridgehead atoms. The average Bonchev–Trinajstić information content (AvgIpc) is 2.57. The quantitative estimate of drug-likeness (QED) is 0.598. The van der Waals surface area contributed by atoms with Gasteiger partial charge in [0.15, 0.2) is 0 Å². The molecule has 0 N–H and O–H groups in total. The van der Waals surface area contributed by atoms with Gasteiger partial charge in [-0.05, 0) is 23.3 Å². The molecule has 23 heavy (non-hydrogen) atoms. The summed E-state index contributed by atoms with van der Waals surface area (Å²) in [6.07, 6.45) is 6.93. The van der Waals surface area contributed by atoms with Gasteiger partial charge in [-0.2, -0.15) is 0 Å². The van der Waals surface area contributed by atoms with Gasteiger partial charge in [-0.3, -0.25) is 0 Å². The van der Waals surface area contributed by atoms with Gasteiger partial charge in [-0.15, -0.1) is 0 Å². The Bertz CT molecular complexity index is 633. The van der Waals surface area contributed by atoms with E-state index in [1.165, 1.54) is 24.2 Å². The van der Waals surface area contributed by atoms with Crippen LogP contribution < -0.4 is 4.74 Å². The molecule has 1 heterocycles. The van der Waals surface area contributed by atoms with E-state index >= 15 is 0 Å². The van der Waals surface area contributed by atoms with Gasteiger partial charge in [0.2, 0.25) is 0 Å². The van der Waals surface area contributed by atoms with Gasteiger partial charge in [-0.25, -0.2) is 0 Å². The van der Waals surface area contributed by atoms with E-state index in [0.717, 1.165) is 23.1 Å². The van der Waals surface area contributed by atoms with Crippen LogP contribution in [0.4, 0.5) is 0 Å². The summed E-state index contributed by atoms with van der Waals surface area (Å²) in [5.41, 5.74) is 2.42. The summed E-state index contributed by atoms with van der Waals surface area (Å²) in [5.74, 6) is 0.985. The lowest BCUT2D eigenvalue weighted by atomic mass is 10.1. The van der Waals surface area contributed by atoms with Crippen molar-refractivity contribution in [1.82, 2.24) is 0 Å². The number of nitrogens with zero attached hydrogens (tertiary/aromatic N) is 1. The van der Waals surface area contributed by atoms with Crippen molar-refractivity contribution in [2.75, 3.05) is 27.2 Å². The van der Waals surface area contributed by atoms with Crippen LogP contribution in [0, 0.1) is 0 Å². The summed E-state index contributed by atoms with van der Waals surface area (Å²) in [4.78, 5) is 0. The summed E-state index contributed by atoms with van der Waals surface area (Å²) >= 11 is 0. The molecule has 3 rings (SSSR count). The first-order chi connectivity index (χ1) is 11.1. The van der Waals surface area contributed by atoms with Crippen molar-refractivity contribution in [2.45, 2.75) is 18.9 Å². The van der Waals surface area contributed by atoms with Crippen molar-refractivity contribution in [1.29, 1.82) is 0 Å². The third-order valence-electron chi connectivity index (χ3n) is 4.56. The first-order valence-corrected chi connectivity index (χ1v) is 8.43. The van der Waals surface area contributed by atoms with Crippen molar-refractivity contribution < 1.29 is 9.22 Å². The average molecular weight is 308 g/mol. The van der Waals surface area contributed by atoms with Crippen LogP contribution in [0.1, 0.15) is 24.0 Å². The molecule has 1 saturated heterocycles. The number of likely N-dealkylation sites (tertiary alicyclic amines) is 1. The maximum atomic E-state index is 6.13. The molecule has 0 aliphatic carbocycles. The fourth-order valence-electron chi connectivity index (χ4n) is 2.97. The van der Waals surface area contributed by atoms with Gasteiger partial charge < -0.3 is 9.22 Å². The van der Waals surface area contributed by atoms with Crippen LogP contribution in [-0.4, -0.2) is 37.8 Å². The second kappa shape index (κ2) is 7.01. The van der Waals surface area contributed by atoms with Crippen LogP contribution in [-0.2, 0) is 0 Å². The number of hydrogen-bond donors (Lipinski definition) is 0. The summed E-state index contributed by atoms with van der Waals surface area (Å²) in [5, 5.41) is 0. The molecular formula is C21H26NO+. The molecule has 2 aromatic rings. The second-order valence-electron chi connectivity index (χ2n) is 7.01. The lowest BCUT2D eigenvalue weighted by Crippen LogP contribution is -2.48. The fraction of sp³-hybridized carbons (Fsp3) is 0.333. The zero-order valence-electron chi connectivity index (χ0n) is 14.1. The van der Waals surface area contributed by atoms with E-state index < -0.39 is 0 Å². The molecule has 0 spiro atoms. The first kappa shape index (κ1) is 15.8. The Hall–Kier alpha value is -2.06. The molecule has 0 atom stereocenters. The number of hydrogen-bond acceptors (Lipinski definition) is 1. The van der Waals surface area contributed by atoms with E-state index in [2.05, 4.69) is 74.8 Å². The Labute approximate surface area is 139 Å². The van der Waals surface area contributed by atoms with Gasteiger partial charge in [0.1, 0.15) is 11.9 Å². The Kier molecular flexibility index (Phi) is 4.82. The molecule has 1 aliphatic heterocycles. The van der Waals surface area contributed by atoms with Crippen LogP contribution in [0.3, 0.4) is 0 Å². The van der Waals surface area contributed by atoms with E-state index in [0.29, 0.717) is 6.10 Å². The van der Waals surface area contributed by atoms with Crippen molar-refractivity contribution in [2.24, 2.45) is 0 Å². The highest BCUT2D eigenvalue weighted by molar-refractivity contribution is 5.69. The molecule has 0 saturated carbocycles. The van der Waals surface area contributed by atoms with Crippen molar-refractivity contribution in [3.05, 3.63) is 65.7 Å². The van der Waals surface area contributed by atoms with E-state index in [1.54, 1.807) is 0 Å². The predicted molar refractivity (Wildman–Crippen MR) is 97.3 cm³/mol. The molecule has 120 valence electrons. The van der Waals surface area contributed by atoms with Crippen LogP contribution in [0.5, 0.6) is 5.75 Å². The summed E-state index contributed by atoms with van der Waals surface area (Å²) < 4.78 is 7.25. The van der Waals surface area contributed by atoms with Crippen molar-refractivity contribution in [3.63, 3.8) is 0 Å². The van der Waals surface area contributed by atoms with E-state index in [-0.39, 0.29) is 0 Å². The molecule has 1 fully saturated rings. The normalized spacial score (nSPS) is 18.2. The smallest absolute Gasteiger partial charge is 0.119 e. The van der Waals surface area contributed by atoms with E-state index in [9.17, 15) is 0 Å². The monoisotopic (exact) mass is 308 g/mol. The minimum atomic E-state index is 0.367. The molecule has 0 radical (unpaired) electrons. The third-order valence-corrected chi connectivity index (χ3v) is 4.56. The highest BCUT2D eigenvalue weighted by Crippen LogP contribution is 2.22. The topological polar surface area (TPSA) is 9.23 Å². The molecule has 2 nitrogen and oxygen atoms in total. The molecular weight excluding hydrogens is 282 g/mol. The zero-order chi connectivity index (χ0) is 16.1. The van der Waals surface area contributed by atoms with E-state index in [1.807, 2.05) is 6.07 Å². The number of quaternary nitrogens is 1. The maximum Gasteiger partial charge on any atom is 0.119 e. The Morgan fingerprint density at radius 3 is 2.00 bits per heavy atom. The Balaban J connectivity index is 1.56. The molecule has 1 aliphatic rings. The maximum absolute atomic E-state index is 6.13. The third kappa shape index (κ3) is 4.70. The zero-order valence-corrected chi connectivity index (χ0v) is 14.1. The van der Waals surface area contributed by atoms with Crippen LogP contribution >= 0.6 is 0 Å². The number of rotatable bonds is 4. The molecule has 0 aromatic heterocycles. The minimum Gasteiger partial charge on any atom is -0.490 e. The van der Waals surface area contributed by atoms with E-state index in [4.69, 9.17) is 4.74 Å². The number of benzene rings is 2. The lowest BCUT2D eigenvalue weighted by molar-refractivity contribution is -0.895. The van der Waals surface area contributed by atoms with Gasteiger partial charge in [0.25, 0.3) is 0 Å². The second-order valence-corrected chi connectivity index (χ2v) is 7.01. The standard InChI is InChI=1S/C21H26NO/c1-22(2)16-14-21(15-17-22)23-20-12-10-19(11-13-20)9-8-18-6-4-3-5-7-18/h3-13,21H,14-17H2,1-2H3/q+1. The summed E-state index contributed by atoms with van der Waals surface area (Å²) in [6.45, 7) is 2.39. The number of piperidine rings is 1. The van der Waals surface area contributed by atoms with Gasteiger partial charge in [0, 0.05) is 12.8 Å². The molecule has 0 unspecified atom stereocenters. The minimum absolute atomic E-state index is 0.367. The highest BCUT2D eigenvalue weighted by Gasteiger charge is 2.27. The molecule has 0 amide bonds. The Morgan fingerprint density at radius 2 is 1.39 bits per heavy atom. The first-order valence-electron chi connectivity index (χ1n) is 8.43. The van der Waals surface area contributed by atoms with Crippen LogP contribution in [0.15, 0.2) is 54.6 Å². The van der Waals surface area contributed by atoms with Gasteiger partial charge >= 0.3 is 0 Å².